The minimum absolute atomic E-state index is 0.0360. The third-order valence-electron chi connectivity index (χ3n) is 3.46. The molecule has 2 aromatic rings. The lowest BCUT2D eigenvalue weighted by Crippen LogP contribution is -2.49. The first-order valence-electron chi connectivity index (χ1n) is 8.42. The molecule has 0 saturated carbocycles. The lowest BCUT2D eigenvalue weighted by atomic mass is 10.2. The topological polar surface area (TPSA) is 96.5 Å². The van der Waals surface area contributed by atoms with Crippen molar-refractivity contribution in [1.29, 1.82) is 0 Å². The number of nitrogens with one attached hydrogen (secondary N) is 3. The third kappa shape index (κ3) is 6.56. The van der Waals surface area contributed by atoms with Crippen LogP contribution in [-0.2, 0) is 14.4 Å². The van der Waals surface area contributed by atoms with Crippen molar-refractivity contribution in [3.8, 4) is 5.75 Å². The van der Waals surface area contributed by atoms with Gasteiger partial charge in [0.25, 0.3) is 11.8 Å². The summed E-state index contributed by atoms with van der Waals surface area (Å²) < 4.78 is 18.3. The molecular weight excluding hydrogens is 365 g/mol. The van der Waals surface area contributed by atoms with E-state index >= 15 is 0 Å². The van der Waals surface area contributed by atoms with Crippen molar-refractivity contribution in [2.24, 2.45) is 0 Å². The Morgan fingerprint density at radius 1 is 1.00 bits per heavy atom. The summed E-state index contributed by atoms with van der Waals surface area (Å²) in [6.45, 7) is 2.74. The van der Waals surface area contributed by atoms with Gasteiger partial charge in [0.15, 0.2) is 6.10 Å². The number of carbonyl (C=O) groups excluding carboxylic acids is 3. The standard InChI is InChI=1S/C20H20FN3O4/c1-13(28-17-10-8-16(21)9-11-17)19(26)23-24-20(27)18(22-14(2)25)12-15-6-4-3-5-7-15/h3-13H,1-2H3,(H,22,25)(H,23,26)(H,24,27)/b18-12-/t13-/m1/s1. The maximum atomic E-state index is 12.9. The fraction of sp³-hybridized carbons (Fsp3) is 0.150. The molecule has 3 amide bonds. The molecule has 0 heterocycles. The van der Waals surface area contributed by atoms with Crippen LogP contribution in [0.1, 0.15) is 19.4 Å². The number of carbonyl (C=O) groups is 3. The highest BCUT2D eigenvalue weighted by Gasteiger charge is 2.17. The van der Waals surface area contributed by atoms with Crippen LogP contribution in [0.15, 0.2) is 60.3 Å². The predicted molar refractivity (Wildman–Crippen MR) is 101 cm³/mol. The van der Waals surface area contributed by atoms with Gasteiger partial charge in [-0.2, -0.15) is 0 Å². The van der Waals surface area contributed by atoms with Crippen LogP contribution in [0.4, 0.5) is 4.39 Å². The number of hydrogen-bond acceptors (Lipinski definition) is 4. The molecule has 1 atom stereocenters. The quantitative estimate of drug-likeness (QED) is 0.523. The molecule has 3 N–H and O–H groups in total. The highest BCUT2D eigenvalue weighted by Crippen LogP contribution is 2.13. The average molecular weight is 385 g/mol. The maximum absolute atomic E-state index is 12.9. The van der Waals surface area contributed by atoms with Crippen LogP contribution in [0.3, 0.4) is 0 Å². The summed E-state index contributed by atoms with van der Waals surface area (Å²) >= 11 is 0. The first kappa shape index (κ1) is 20.6. The normalized spacial score (nSPS) is 11.9. The summed E-state index contributed by atoms with van der Waals surface area (Å²) in [5.74, 6) is -1.89. The lowest BCUT2D eigenvalue weighted by Gasteiger charge is -2.16. The average Bonchev–Trinajstić information content (AvgIpc) is 2.67. The molecule has 0 bridgehead atoms. The molecule has 0 aliphatic carbocycles. The van der Waals surface area contributed by atoms with Crippen LogP contribution in [0.25, 0.3) is 6.08 Å². The molecule has 0 aliphatic heterocycles. The molecular formula is C20H20FN3O4. The highest BCUT2D eigenvalue weighted by molar-refractivity contribution is 6.01. The second kappa shape index (κ2) is 9.86. The van der Waals surface area contributed by atoms with Crippen molar-refractivity contribution in [1.82, 2.24) is 16.2 Å². The van der Waals surface area contributed by atoms with E-state index in [2.05, 4.69) is 16.2 Å². The monoisotopic (exact) mass is 385 g/mol. The Morgan fingerprint density at radius 2 is 1.64 bits per heavy atom. The summed E-state index contributed by atoms with van der Waals surface area (Å²) in [7, 11) is 0. The van der Waals surface area contributed by atoms with E-state index in [1.807, 2.05) is 6.07 Å². The number of amides is 3. The van der Waals surface area contributed by atoms with Crippen molar-refractivity contribution < 1.29 is 23.5 Å². The number of rotatable bonds is 6. The molecule has 0 aliphatic rings. The van der Waals surface area contributed by atoms with Gasteiger partial charge in [-0.25, -0.2) is 4.39 Å². The molecule has 0 saturated heterocycles. The van der Waals surface area contributed by atoms with Crippen LogP contribution in [0.2, 0.25) is 0 Å². The van der Waals surface area contributed by atoms with E-state index in [1.54, 1.807) is 24.3 Å². The van der Waals surface area contributed by atoms with Crippen LogP contribution >= 0.6 is 0 Å². The summed E-state index contributed by atoms with van der Waals surface area (Å²) in [4.78, 5) is 35.8. The molecule has 0 spiro atoms. The second-order valence-electron chi connectivity index (χ2n) is 5.81. The van der Waals surface area contributed by atoms with Gasteiger partial charge in [0, 0.05) is 6.92 Å². The minimum atomic E-state index is -0.951. The van der Waals surface area contributed by atoms with Crippen molar-refractivity contribution >= 4 is 23.8 Å². The molecule has 0 unspecified atom stereocenters. The Kier molecular flexibility index (Phi) is 7.27. The fourth-order valence-corrected chi connectivity index (χ4v) is 2.12. The summed E-state index contributed by atoms with van der Waals surface area (Å²) in [6.07, 6.45) is 0.523. The summed E-state index contributed by atoms with van der Waals surface area (Å²) in [6, 6.07) is 14.1. The molecule has 2 rings (SSSR count). The van der Waals surface area contributed by atoms with Crippen molar-refractivity contribution in [2.45, 2.75) is 20.0 Å². The van der Waals surface area contributed by atoms with Gasteiger partial charge in [-0.15, -0.1) is 0 Å². The highest BCUT2D eigenvalue weighted by atomic mass is 19.1. The second-order valence-corrected chi connectivity index (χ2v) is 5.81. The predicted octanol–water partition coefficient (Wildman–Crippen LogP) is 1.92. The van der Waals surface area contributed by atoms with Crippen molar-refractivity contribution in [3.05, 3.63) is 71.7 Å². The number of halogens is 1. The zero-order valence-electron chi connectivity index (χ0n) is 15.4. The minimum Gasteiger partial charge on any atom is -0.481 e. The van der Waals surface area contributed by atoms with E-state index in [0.29, 0.717) is 11.3 Å². The van der Waals surface area contributed by atoms with Gasteiger partial charge in [0.2, 0.25) is 5.91 Å². The molecule has 0 fully saturated rings. The van der Waals surface area contributed by atoms with E-state index in [0.717, 1.165) is 0 Å². The molecule has 7 nitrogen and oxygen atoms in total. The number of ether oxygens (including phenoxy) is 1. The van der Waals surface area contributed by atoms with E-state index in [1.165, 1.54) is 44.2 Å². The van der Waals surface area contributed by atoms with Gasteiger partial charge in [-0.3, -0.25) is 25.2 Å². The molecule has 8 heteroatoms. The number of benzene rings is 2. The molecule has 146 valence electrons. The summed E-state index contributed by atoms with van der Waals surface area (Å²) in [5, 5.41) is 2.42. The maximum Gasteiger partial charge on any atom is 0.286 e. The van der Waals surface area contributed by atoms with Crippen LogP contribution in [0.5, 0.6) is 5.75 Å². The Labute approximate surface area is 161 Å². The Hall–Kier alpha value is -3.68. The molecule has 28 heavy (non-hydrogen) atoms. The molecule has 0 aromatic heterocycles. The van der Waals surface area contributed by atoms with Gasteiger partial charge < -0.3 is 10.1 Å². The van der Waals surface area contributed by atoms with Crippen molar-refractivity contribution in [3.63, 3.8) is 0 Å². The van der Waals surface area contributed by atoms with Gasteiger partial charge in [0.1, 0.15) is 17.3 Å². The SMILES string of the molecule is CC(=O)N/C(=C\c1ccccc1)C(=O)NNC(=O)[C@@H](C)Oc1ccc(F)cc1. The van der Waals surface area contributed by atoms with E-state index in [9.17, 15) is 18.8 Å². The zero-order chi connectivity index (χ0) is 20.5. The Balaban J connectivity index is 1.96. The number of hydrazine groups is 1. The largest absolute Gasteiger partial charge is 0.481 e. The lowest BCUT2D eigenvalue weighted by molar-refractivity contribution is -0.131. The van der Waals surface area contributed by atoms with Crippen LogP contribution < -0.4 is 20.9 Å². The van der Waals surface area contributed by atoms with E-state index in [4.69, 9.17) is 4.74 Å². The van der Waals surface area contributed by atoms with Gasteiger partial charge in [-0.05, 0) is 42.8 Å². The van der Waals surface area contributed by atoms with Crippen molar-refractivity contribution in [2.75, 3.05) is 0 Å². The first-order chi connectivity index (χ1) is 13.3. The molecule has 0 radical (unpaired) electrons. The van der Waals surface area contributed by atoms with E-state index < -0.39 is 29.6 Å². The number of hydrogen-bond donors (Lipinski definition) is 3. The summed E-state index contributed by atoms with van der Waals surface area (Å²) in [5.41, 5.74) is 5.11. The zero-order valence-corrected chi connectivity index (χ0v) is 15.4. The Bertz CT molecular complexity index is 867. The third-order valence-corrected chi connectivity index (χ3v) is 3.46. The van der Waals surface area contributed by atoms with E-state index in [-0.39, 0.29) is 5.70 Å². The van der Waals surface area contributed by atoms with Crippen LogP contribution in [0, 0.1) is 5.82 Å². The Morgan fingerprint density at radius 3 is 2.25 bits per heavy atom. The van der Waals surface area contributed by atoms with Gasteiger partial charge in [0.05, 0.1) is 0 Å². The first-order valence-corrected chi connectivity index (χ1v) is 8.42. The molecule has 2 aromatic carbocycles. The smallest absolute Gasteiger partial charge is 0.286 e. The van der Waals surface area contributed by atoms with Gasteiger partial charge >= 0.3 is 0 Å². The van der Waals surface area contributed by atoms with Gasteiger partial charge in [-0.1, -0.05) is 30.3 Å². The fourth-order valence-electron chi connectivity index (χ4n) is 2.12. The van der Waals surface area contributed by atoms with Crippen LogP contribution in [-0.4, -0.2) is 23.8 Å².